The molecule has 0 radical (unpaired) electrons. The van der Waals surface area contributed by atoms with Gasteiger partial charge in [-0.05, 0) is 17.7 Å². The Morgan fingerprint density at radius 2 is 2.21 bits per heavy atom. The summed E-state index contributed by atoms with van der Waals surface area (Å²) in [5.74, 6) is 0.252. The van der Waals surface area contributed by atoms with E-state index < -0.39 is 22.6 Å². The average molecular weight is 415 g/mol. The third-order valence-corrected chi connectivity index (χ3v) is 5.99. The Morgan fingerprint density at radius 1 is 1.38 bits per heavy atom. The van der Waals surface area contributed by atoms with E-state index in [4.69, 9.17) is 0 Å². The lowest BCUT2D eigenvalue weighted by Crippen LogP contribution is -2.07. The minimum absolute atomic E-state index is 0.152. The van der Waals surface area contributed by atoms with Gasteiger partial charge in [-0.2, -0.15) is 5.10 Å². The van der Waals surface area contributed by atoms with Crippen LogP contribution in [0.1, 0.15) is 11.3 Å². The molecular formula is C19H18FN5O3S. The average Bonchev–Trinajstić information content (AvgIpc) is 3.30. The van der Waals surface area contributed by atoms with Gasteiger partial charge in [0.25, 0.3) is 0 Å². The second-order valence-corrected chi connectivity index (χ2v) is 8.07. The molecule has 1 aromatic carbocycles. The number of carbonyl (C=O) groups is 1. The Balaban J connectivity index is 1.69. The Kier molecular flexibility index (Phi) is 5.10. The monoisotopic (exact) mass is 415 g/mol. The molecule has 0 unspecified atom stereocenters. The molecule has 150 valence electrons. The van der Waals surface area contributed by atoms with E-state index in [1.807, 2.05) is 0 Å². The number of benzene rings is 1. The first kappa shape index (κ1) is 19.2. The number of esters is 1. The number of hydrogen-bond donors (Lipinski definition) is 1. The molecule has 3 heterocycles. The van der Waals surface area contributed by atoms with Gasteiger partial charge in [-0.3, -0.25) is 13.7 Å². The summed E-state index contributed by atoms with van der Waals surface area (Å²) in [6, 6.07) is 4.42. The molecule has 3 aromatic rings. The minimum atomic E-state index is -1.22. The minimum Gasteiger partial charge on any atom is -0.469 e. The number of rotatable bonds is 5. The highest BCUT2D eigenvalue weighted by atomic mass is 32.2. The molecule has 8 nitrogen and oxygen atoms in total. The zero-order valence-corrected chi connectivity index (χ0v) is 16.6. The largest absolute Gasteiger partial charge is 0.469 e. The molecule has 0 bridgehead atoms. The van der Waals surface area contributed by atoms with Crippen molar-refractivity contribution < 1.29 is 18.1 Å². The lowest BCUT2D eigenvalue weighted by atomic mass is 10.1. The van der Waals surface area contributed by atoms with Gasteiger partial charge in [0.2, 0.25) is 0 Å². The first-order valence-corrected chi connectivity index (χ1v) is 10.2. The SMILES string of the molecule is COC(=O)Cc1ccc(Nc2nc(-c3cnn(C)c3)nc3c2[S@](=O)CC3)cc1F. The van der Waals surface area contributed by atoms with Crippen LogP contribution in [0, 0.1) is 5.82 Å². The maximum absolute atomic E-state index is 14.4. The van der Waals surface area contributed by atoms with Crippen molar-refractivity contribution in [1.82, 2.24) is 19.7 Å². The first-order valence-electron chi connectivity index (χ1n) is 8.85. The van der Waals surface area contributed by atoms with E-state index in [-0.39, 0.29) is 12.0 Å². The third kappa shape index (κ3) is 3.88. The van der Waals surface area contributed by atoms with Crippen molar-refractivity contribution >= 4 is 28.3 Å². The zero-order valence-electron chi connectivity index (χ0n) is 15.8. The van der Waals surface area contributed by atoms with Crippen LogP contribution < -0.4 is 5.32 Å². The number of methoxy groups -OCH3 is 1. The second kappa shape index (κ2) is 7.70. The van der Waals surface area contributed by atoms with E-state index in [0.29, 0.717) is 40.1 Å². The molecule has 2 aromatic heterocycles. The van der Waals surface area contributed by atoms with Gasteiger partial charge in [-0.1, -0.05) is 6.07 Å². The summed E-state index contributed by atoms with van der Waals surface area (Å²) in [7, 11) is 1.83. The van der Waals surface area contributed by atoms with Crippen LogP contribution in [0.3, 0.4) is 0 Å². The van der Waals surface area contributed by atoms with Crippen molar-refractivity contribution in [3.8, 4) is 11.4 Å². The quantitative estimate of drug-likeness (QED) is 0.638. The molecule has 29 heavy (non-hydrogen) atoms. The molecule has 0 saturated heterocycles. The summed E-state index contributed by atoms with van der Waals surface area (Å²) in [5.41, 5.74) is 2.10. The van der Waals surface area contributed by atoms with Gasteiger partial charge in [-0.15, -0.1) is 0 Å². The van der Waals surface area contributed by atoms with Crippen LogP contribution in [-0.2, 0) is 40.2 Å². The van der Waals surface area contributed by atoms with Crippen LogP contribution in [0.4, 0.5) is 15.9 Å². The summed E-state index contributed by atoms with van der Waals surface area (Å²) >= 11 is 0. The van der Waals surface area contributed by atoms with Crippen molar-refractivity contribution in [2.75, 3.05) is 18.2 Å². The van der Waals surface area contributed by atoms with Gasteiger partial charge in [0.15, 0.2) is 11.6 Å². The predicted octanol–water partition coefficient (Wildman–Crippen LogP) is 2.14. The third-order valence-electron chi connectivity index (χ3n) is 4.53. The van der Waals surface area contributed by atoms with Gasteiger partial charge < -0.3 is 10.1 Å². The van der Waals surface area contributed by atoms with Crippen LogP contribution in [0.25, 0.3) is 11.4 Å². The topological polar surface area (TPSA) is 99.0 Å². The number of carbonyl (C=O) groups excluding carboxylic acids is 1. The summed E-state index contributed by atoms with van der Waals surface area (Å²) < 4.78 is 33.1. The van der Waals surface area contributed by atoms with Gasteiger partial charge in [0, 0.05) is 31.1 Å². The van der Waals surface area contributed by atoms with Gasteiger partial charge in [0.05, 0.1) is 41.8 Å². The second-order valence-electron chi connectivity index (χ2n) is 6.56. The highest BCUT2D eigenvalue weighted by molar-refractivity contribution is 7.85. The molecule has 0 saturated carbocycles. The van der Waals surface area contributed by atoms with Gasteiger partial charge in [0.1, 0.15) is 10.7 Å². The molecule has 0 aliphatic carbocycles. The van der Waals surface area contributed by atoms with Gasteiger partial charge >= 0.3 is 5.97 Å². The lowest BCUT2D eigenvalue weighted by molar-refractivity contribution is -0.139. The predicted molar refractivity (Wildman–Crippen MR) is 105 cm³/mol. The van der Waals surface area contributed by atoms with Crippen molar-refractivity contribution in [3.05, 3.63) is 47.7 Å². The van der Waals surface area contributed by atoms with Crippen LogP contribution in [0.2, 0.25) is 0 Å². The van der Waals surface area contributed by atoms with E-state index in [1.165, 1.54) is 19.2 Å². The van der Waals surface area contributed by atoms with Crippen molar-refractivity contribution in [2.24, 2.45) is 7.05 Å². The number of halogens is 1. The number of hydrogen-bond acceptors (Lipinski definition) is 7. The molecule has 0 fully saturated rings. The number of aromatic nitrogens is 4. The van der Waals surface area contributed by atoms with E-state index in [0.717, 1.165) is 5.56 Å². The summed E-state index contributed by atoms with van der Waals surface area (Å²) in [4.78, 5) is 21.0. The zero-order chi connectivity index (χ0) is 20.5. The molecular weight excluding hydrogens is 397 g/mol. The van der Waals surface area contributed by atoms with Crippen molar-refractivity contribution in [1.29, 1.82) is 0 Å². The highest BCUT2D eigenvalue weighted by Crippen LogP contribution is 2.32. The Labute approximate surface area is 168 Å². The molecule has 10 heteroatoms. The molecule has 1 aliphatic heterocycles. The Bertz CT molecular complexity index is 1130. The normalized spacial score (nSPS) is 15.2. The molecule has 4 rings (SSSR count). The fourth-order valence-electron chi connectivity index (χ4n) is 3.08. The molecule has 0 amide bonds. The molecule has 1 N–H and O–H groups in total. The maximum atomic E-state index is 14.4. The highest BCUT2D eigenvalue weighted by Gasteiger charge is 2.26. The fraction of sp³-hybridized carbons (Fsp3) is 0.263. The smallest absolute Gasteiger partial charge is 0.310 e. The number of nitrogens with zero attached hydrogens (tertiary/aromatic N) is 4. The number of aryl methyl sites for hydroxylation is 2. The summed E-state index contributed by atoms with van der Waals surface area (Å²) in [6.45, 7) is 0. The number of anilines is 2. The van der Waals surface area contributed by atoms with Gasteiger partial charge in [-0.25, -0.2) is 14.4 Å². The van der Waals surface area contributed by atoms with E-state index in [2.05, 4.69) is 25.1 Å². The number of nitrogens with one attached hydrogen (secondary N) is 1. The first-order chi connectivity index (χ1) is 13.9. The molecule has 1 atom stereocenters. The van der Waals surface area contributed by atoms with Crippen LogP contribution in [0.15, 0.2) is 35.5 Å². The summed E-state index contributed by atoms with van der Waals surface area (Å²) in [6.07, 6.45) is 3.87. The lowest BCUT2D eigenvalue weighted by Gasteiger charge is -2.12. The maximum Gasteiger partial charge on any atom is 0.310 e. The Morgan fingerprint density at radius 3 is 2.90 bits per heavy atom. The molecule has 1 aliphatic rings. The van der Waals surface area contributed by atoms with E-state index in [9.17, 15) is 13.4 Å². The van der Waals surface area contributed by atoms with Crippen LogP contribution in [-0.4, -0.2) is 42.8 Å². The Hall–Kier alpha value is -3.14. The fourth-order valence-corrected chi connectivity index (χ4v) is 4.39. The van der Waals surface area contributed by atoms with Crippen LogP contribution in [0.5, 0.6) is 0 Å². The van der Waals surface area contributed by atoms with Crippen molar-refractivity contribution in [3.63, 3.8) is 0 Å². The standard InChI is InChI=1S/C19H18FN5O3S/c1-25-10-12(9-21-25)18-23-15-5-6-29(27)17(15)19(24-18)22-13-4-3-11(14(20)8-13)7-16(26)28-2/h3-4,8-10H,5-7H2,1-2H3,(H,22,23,24)/t29-/m1/s1. The van der Waals surface area contributed by atoms with E-state index in [1.54, 1.807) is 30.2 Å². The number of ether oxygens (including phenoxy) is 1. The molecule has 0 spiro atoms. The van der Waals surface area contributed by atoms with Crippen molar-refractivity contribution in [2.45, 2.75) is 17.7 Å². The number of fused-ring (bicyclic) bond motifs is 1. The van der Waals surface area contributed by atoms with Crippen LogP contribution >= 0.6 is 0 Å². The van der Waals surface area contributed by atoms with E-state index >= 15 is 0 Å². The summed E-state index contributed by atoms with van der Waals surface area (Å²) in [5, 5.41) is 7.20.